The van der Waals surface area contributed by atoms with Gasteiger partial charge in [-0.25, -0.2) is 13.1 Å². The van der Waals surface area contributed by atoms with Gasteiger partial charge in [-0.05, 0) is 49.6 Å². The Morgan fingerprint density at radius 3 is 2.81 bits per heavy atom. The molecule has 2 heterocycles. The van der Waals surface area contributed by atoms with Crippen molar-refractivity contribution >= 4 is 34.0 Å². The zero-order valence-corrected chi connectivity index (χ0v) is 16.7. The average Bonchev–Trinajstić information content (AvgIpc) is 3.20. The summed E-state index contributed by atoms with van der Waals surface area (Å²) in [6.45, 7) is 3.74. The summed E-state index contributed by atoms with van der Waals surface area (Å²) in [6, 6.07) is 4.95. The Balaban J connectivity index is 0.00000243. The summed E-state index contributed by atoms with van der Waals surface area (Å²) in [7, 11) is -1.99. The van der Waals surface area contributed by atoms with Gasteiger partial charge >= 0.3 is 0 Å². The molecular formula is C17H26ClN3O4S. The summed E-state index contributed by atoms with van der Waals surface area (Å²) in [4.78, 5) is 13.5. The highest BCUT2D eigenvalue weighted by molar-refractivity contribution is 7.89. The van der Waals surface area contributed by atoms with E-state index in [1.807, 2.05) is 0 Å². The zero-order chi connectivity index (χ0) is 18.1. The van der Waals surface area contributed by atoms with Gasteiger partial charge in [-0.3, -0.25) is 4.79 Å². The number of anilines is 1. The average molecular weight is 404 g/mol. The van der Waals surface area contributed by atoms with Crippen molar-refractivity contribution in [3.8, 4) is 0 Å². The lowest BCUT2D eigenvalue weighted by Crippen LogP contribution is -2.52. The van der Waals surface area contributed by atoms with Crippen LogP contribution in [0.3, 0.4) is 0 Å². The molecule has 9 heteroatoms. The van der Waals surface area contributed by atoms with Gasteiger partial charge in [-0.15, -0.1) is 12.4 Å². The van der Waals surface area contributed by atoms with Crippen molar-refractivity contribution in [1.82, 2.24) is 10.0 Å². The van der Waals surface area contributed by atoms with E-state index in [4.69, 9.17) is 4.74 Å². The van der Waals surface area contributed by atoms with Crippen molar-refractivity contribution in [3.05, 3.63) is 23.8 Å². The Morgan fingerprint density at radius 1 is 1.42 bits per heavy atom. The van der Waals surface area contributed by atoms with Crippen LogP contribution in [0.2, 0.25) is 0 Å². The number of hydrogen-bond acceptors (Lipinski definition) is 5. The molecule has 7 nitrogen and oxygen atoms in total. The Labute approximate surface area is 160 Å². The molecule has 0 bridgehead atoms. The standard InChI is InChI=1S/C17H25N3O4S.ClH/c1-13(21)20-9-6-14-10-15(4-5-16(14)20)25(22,23)19-11-17(12-24-2)7-3-8-18-17;/h4-5,10,18-19H,3,6-9,11-12H2,1-2H3;1H. The number of benzene rings is 1. The minimum absolute atomic E-state index is 0. The third kappa shape index (κ3) is 4.20. The summed E-state index contributed by atoms with van der Waals surface area (Å²) in [6.07, 6.45) is 2.55. The molecule has 0 aromatic heterocycles. The number of carbonyl (C=O) groups is 1. The number of hydrogen-bond donors (Lipinski definition) is 2. The van der Waals surface area contributed by atoms with Crippen LogP contribution in [0, 0.1) is 0 Å². The second-order valence-electron chi connectivity index (χ2n) is 6.78. The molecule has 1 saturated heterocycles. The number of ether oxygens (including phenoxy) is 1. The molecule has 3 rings (SSSR count). The number of halogens is 1. The molecule has 1 unspecified atom stereocenters. The lowest BCUT2D eigenvalue weighted by molar-refractivity contribution is -0.116. The summed E-state index contributed by atoms with van der Waals surface area (Å²) in [5.41, 5.74) is 1.35. The molecule has 1 amide bonds. The van der Waals surface area contributed by atoms with Gasteiger partial charge < -0.3 is 15.0 Å². The minimum Gasteiger partial charge on any atom is -0.383 e. The maximum absolute atomic E-state index is 12.7. The molecule has 1 aromatic carbocycles. The molecule has 2 aliphatic heterocycles. The first kappa shape index (κ1) is 21.1. The van der Waals surface area contributed by atoms with E-state index in [0.717, 1.165) is 30.6 Å². The Morgan fingerprint density at radius 2 is 2.19 bits per heavy atom. The predicted octanol–water partition coefficient (Wildman–Crippen LogP) is 1.06. The van der Waals surface area contributed by atoms with Gasteiger partial charge in [0.15, 0.2) is 0 Å². The van der Waals surface area contributed by atoms with E-state index in [9.17, 15) is 13.2 Å². The number of methoxy groups -OCH3 is 1. The van der Waals surface area contributed by atoms with E-state index in [0.29, 0.717) is 26.1 Å². The molecule has 2 N–H and O–H groups in total. The van der Waals surface area contributed by atoms with Crippen LogP contribution in [0.1, 0.15) is 25.3 Å². The number of sulfonamides is 1. The van der Waals surface area contributed by atoms with Gasteiger partial charge in [0.1, 0.15) is 0 Å². The van der Waals surface area contributed by atoms with E-state index in [1.165, 1.54) is 6.92 Å². The number of rotatable bonds is 6. The van der Waals surface area contributed by atoms with E-state index in [-0.39, 0.29) is 28.7 Å². The quantitative estimate of drug-likeness (QED) is 0.741. The van der Waals surface area contributed by atoms with Crippen molar-refractivity contribution in [2.24, 2.45) is 0 Å². The SMILES string of the molecule is COCC1(CNS(=O)(=O)c2ccc3c(c2)CCN3C(C)=O)CCCN1.Cl. The van der Waals surface area contributed by atoms with Crippen LogP contribution in [-0.2, 0) is 26.0 Å². The Kier molecular flexibility index (Phi) is 6.68. The number of nitrogens with one attached hydrogen (secondary N) is 2. The molecular weight excluding hydrogens is 378 g/mol. The fraction of sp³-hybridized carbons (Fsp3) is 0.588. The minimum atomic E-state index is -3.61. The third-order valence-corrected chi connectivity index (χ3v) is 6.39. The topological polar surface area (TPSA) is 87.7 Å². The maximum atomic E-state index is 12.7. The van der Waals surface area contributed by atoms with Gasteiger partial charge in [0.2, 0.25) is 15.9 Å². The predicted molar refractivity (Wildman–Crippen MR) is 102 cm³/mol. The molecule has 1 aromatic rings. The molecule has 0 radical (unpaired) electrons. The summed E-state index contributed by atoms with van der Waals surface area (Å²) in [5.74, 6) is -0.0266. The fourth-order valence-electron chi connectivity index (χ4n) is 3.66. The smallest absolute Gasteiger partial charge is 0.240 e. The monoisotopic (exact) mass is 403 g/mol. The van der Waals surface area contributed by atoms with E-state index >= 15 is 0 Å². The highest BCUT2D eigenvalue weighted by Gasteiger charge is 2.35. The molecule has 0 saturated carbocycles. The van der Waals surface area contributed by atoms with Crippen LogP contribution in [0.15, 0.2) is 23.1 Å². The van der Waals surface area contributed by atoms with Crippen LogP contribution in [0.25, 0.3) is 0 Å². The fourth-order valence-corrected chi connectivity index (χ4v) is 4.84. The van der Waals surface area contributed by atoms with Gasteiger partial charge in [-0.1, -0.05) is 0 Å². The summed E-state index contributed by atoms with van der Waals surface area (Å²) < 4.78 is 33.4. The van der Waals surface area contributed by atoms with Crippen molar-refractivity contribution in [3.63, 3.8) is 0 Å². The summed E-state index contributed by atoms with van der Waals surface area (Å²) >= 11 is 0. The third-order valence-electron chi connectivity index (χ3n) is 4.99. The van der Waals surface area contributed by atoms with E-state index in [1.54, 1.807) is 30.2 Å². The molecule has 0 aliphatic carbocycles. The van der Waals surface area contributed by atoms with E-state index in [2.05, 4.69) is 10.0 Å². The lowest BCUT2D eigenvalue weighted by Gasteiger charge is -2.28. The molecule has 146 valence electrons. The molecule has 2 aliphatic rings. The second-order valence-corrected chi connectivity index (χ2v) is 8.55. The molecule has 1 atom stereocenters. The largest absolute Gasteiger partial charge is 0.383 e. The highest BCUT2D eigenvalue weighted by atomic mass is 35.5. The van der Waals surface area contributed by atoms with E-state index < -0.39 is 10.0 Å². The number of carbonyl (C=O) groups excluding carboxylic acids is 1. The van der Waals surface area contributed by atoms with Gasteiger partial charge in [0, 0.05) is 32.8 Å². The second kappa shape index (κ2) is 8.22. The molecule has 1 fully saturated rings. The number of nitrogens with zero attached hydrogens (tertiary/aromatic N) is 1. The molecule has 0 spiro atoms. The normalized spacial score (nSPS) is 22.2. The first-order chi connectivity index (χ1) is 11.9. The maximum Gasteiger partial charge on any atom is 0.240 e. The zero-order valence-electron chi connectivity index (χ0n) is 15.1. The molecule has 26 heavy (non-hydrogen) atoms. The van der Waals surface area contributed by atoms with Crippen LogP contribution >= 0.6 is 12.4 Å². The van der Waals surface area contributed by atoms with Crippen LogP contribution < -0.4 is 14.9 Å². The first-order valence-corrected chi connectivity index (χ1v) is 10.00. The van der Waals surface area contributed by atoms with Crippen molar-refractivity contribution < 1.29 is 17.9 Å². The van der Waals surface area contributed by atoms with Gasteiger partial charge in [0.05, 0.1) is 17.0 Å². The van der Waals surface area contributed by atoms with Crippen LogP contribution in [-0.4, -0.2) is 53.2 Å². The highest BCUT2D eigenvalue weighted by Crippen LogP contribution is 2.30. The number of fused-ring (bicyclic) bond motifs is 1. The van der Waals surface area contributed by atoms with Crippen molar-refractivity contribution in [1.29, 1.82) is 0 Å². The first-order valence-electron chi connectivity index (χ1n) is 8.52. The van der Waals surface area contributed by atoms with Gasteiger partial charge in [0.25, 0.3) is 0 Å². The van der Waals surface area contributed by atoms with Crippen LogP contribution in [0.4, 0.5) is 5.69 Å². The van der Waals surface area contributed by atoms with Crippen molar-refractivity contribution in [2.45, 2.75) is 36.6 Å². The van der Waals surface area contributed by atoms with Crippen molar-refractivity contribution in [2.75, 3.05) is 38.3 Å². The lowest BCUT2D eigenvalue weighted by atomic mass is 9.99. The van der Waals surface area contributed by atoms with Crippen LogP contribution in [0.5, 0.6) is 0 Å². The van der Waals surface area contributed by atoms with Gasteiger partial charge in [-0.2, -0.15) is 0 Å². The Bertz CT molecular complexity index is 763. The number of amides is 1. The Hall–Kier alpha value is -1.19. The summed E-state index contributed by atoms with van der Waals surface area (Å²) in [5, 5.41) is 3.36.